The van der Waals surface area contributed by atoms with Crippen LogP contribution in [0.1, 0.15) is 25.3 Å². The Balaban J connectivity index is 2.38. The number of rotatable bonds is 3. The topological polar surface area (TPSA) is 61.2 Å². The van der Waals surface area contributed by atoms with E-state index in [1.54, 1.807) is 0 Å². The van der Waals surface area contributed by atoms with E-state index in [1.807, 2.05) is 6.07 Å². The van der Waals surface area contributed by atoms with Gasteiger partial charge in [0.2, 0.25) is 10.0 Å². The van der Waals surface area contributed by atoms with Gasteiger partial charge < -0.3 is 0 Å². The first kappa shape index (κ1) is 14.3. The molecule has 1 aliphatic heterocycles. The van der Waals surface area contributed by atoms with Gasteiger partial charge in [0, 0.05) is 13.1 Å². The van der Waals surface area contributed by atoms with E-state index in [-0.39, 0.29) is 9.92 Å². The molecule has 6 heteroatoms. The zero-order chi connectivity index (χ0) is 14.0. The summed E-state index contributed by atoms with van der Waals surface area (Å²) >= 11 is 5.97. The van der Waals surface area contributed by atoms with E-state index in [0.717, 1.165) is 12.8 Å². The molecule has 1 atom stereocenters. The highest BCUT2D eigenvalue weighted by atomic mass is 35.5. The van der Waals surface area contributed by atoms with E-state index in [4.69, 9.17) is 16.9 Å². The number of nitriles is 1. The van der Waals surface area contributed by atoms with E-state index in [1.165, 1.54) is 22.5 Å². The quantitative estimate of drug-likeness (QED) is 0.862. The third-order valence-corrected chi connectivity index (χ3v) is 5.85. The molecule has 102 valence electrons. The fraction of sp³-hybridized carbons (Fsp3) is 0.462. The van der Waals surface area contributed by atoms with Crippen LogP contribution in [-0.2, 0) is 10.0 Å². The van der Waals surface area contributed by atoms with Crippen LogP contribution in [0.4, 0.5) is 0 Å². The van der Waals surface area contributed by atoms with Crippen LogP contribution in [0.3, 0.4) is 0 Å². The van der Waals surface area contributed by atoms with Gasteiger partial charge in [-0.25, -0.2) is 8.42 Å². The molecule has 0 radical (unpaired) electrons. The van der Waals surface area contributed by atoms with Crippen molar-refractivity contribution in [2.75, 3.05) is 13.1 Å². The third-order valence-electron chi connectivity index (χ3n) is 3.50. The van der Waals surface area contributed by atoms with Gasteiger partial charge in [-0.05, 0) is 30.5 Å². The van der Waals surface area contributed by atoms with Gasteiger partial charge in [-0.15, -0.1) is 0 Å². The van der Waals surface area contributed by atoms with Crippen molar-refractivity contribution >= 4 is 21.6 Å². The number of benzene rings is 1. The van der Waals surface area contributed by atoms with E-state index in [2.05, 4.69) is 6.92 Å². The lowest BCUT2D eigenvalue weighted by atomic mass is 10.1. The lowest BCUT2D eigenvalue weighted by molar-refractivity contribution is 0.453. The summed E-state index contributed by atoms with van der Waals surface area (Å²) in [5, 5.41) is 9.03. The second kappa shape index (κ2) is 5.49. The zero-order valence-electron chi connectivity index (χ0n) is 10.6. The van der Waals surface area contributed by atoms with Crippen LogP contribution in [0.15, 0.2) is 23.1 Å². The summed E-state index contributed by atoms with van der Waals surface area (Å²) in [6.45, 7) is 3.12. The molecule has 1 aromatic carbocycles. The van der Waals surface area contributed by atoms with Gasteiger partial charge in [0.05, 0.1) is 16.7 Å². The van der Waals surface area contributed by atoms with E-state index < -0.39 is 10.0 Å². The first-order valence-corrected chi connectivity index (χ1v) is 8.00. The SMILES string of the molecule is CCC1CCN(S(=O)(=O)c2cc(C#N)ccc2Cl)C1. The standard InChI is InChI=1S/C13H15ClN2O2S/c1-2-10-5-6-16(9-10)19(17,18)13-7-11(8-15)3-4-12(13)14/h3-4,7,10H,2,5-6,9H2,1H3. The summed E-state index contributed by atoms with van der Waals surface area (Å²) in [6, 6.07) is 6.25. The van der Waals surface area contributed by atoms with Gasteiger partial charge in [0.25, 0.3) is 0 Å². The van der Waals surface area contributed by atoms with Crippen molar-refractivity contribution in [2.24, 2.45) is 5.92 Å². The Morgan fingerprint density at radius 2 is 2.26 bits per heavy atom. The molecule has 0 saturated carbocycles. The maximum absolute atomic E-state index is 12.5. The van der Waals surface area contributed by atoms with E-state index >= 15 is 0 Å². The number of hydrogen-bond acceptors (Lipinski definition) is 3. The molecular weight excluding hydrogens is 284 g/mol. The number of halogens is 1. The molecule has 1 heterocycles. The molecule has 1 aliphatic rings. The first-order valence-electron chi connectivity index (χ1n) is 6.18. The van der Waals surface area contributed by atoms with Crippen molar-refractivity contribution in [2.45, 2.75) is 24.7 Å². The Labute approximate surface area is 118 Å². The van der Waals surface area contributed by atoms with Gasteiger partial charge >= 0.3 is 0 Å². The van der Waals surface area contributed by atoms with Crippen molar-refractivity contribution < 1.29 is 8.42 Å². The molecule has 4 nitrogen and oxygen atoms in total. The fourth-order valence-corrected chi connectivity index (χ4v) is 4.29. The van der Waals surface area contributed by atoms with Crippen molar-refractivity contribution in [1.29, 1.82) is 5.26 Å². The van der Waals surface area contributed by atoms with Crippen LogP contribution in [0, 0.1) is 17.2 Å². The Morgan fingerprint density at radius 3 is 2.84 bits per heavy atom. The van der Waals surface area contributed by atoms with Crippen LogP contribution in [-0.4, -0.2) is 25.8 Å². The highest BCUT2D eigenvalue weighted by molar-refractivity contribution is 7.89. The van der Waals surface area contributed by atoms with E-state index in [0.29, 0.717) is 24.6 Å². The summed E-state index contributed by atoms with van der Waals surface area (Å²) in [5.74, 6) is 0.410. The molecule has 1 fully saturated rings. The highest BCUT2D eigenvalue weighted by Crippen LogP contribution is 2.30. The van der Waals surface area contributed by atoms with Gasteiger partial charge in [0.15, 0.2) is 0 Å². The van der Waals surface area contributed by atoms with Crippen LogP contribution in [0.5, 0.6) is 0 Å². The molecule has 0 aliphatic carbocycles. The lowest BCUT2D eigenvalue weighted by Crippen LogP contribution is -2.29. The maximum Gasteiger partial charge on any atom is 0.244 e. The fourth-order valence-electron chi connectivity index (χ4n) is 2.26. The number of nitrogens with zero attached hydrogens (tertiary/aromatic N) is 2. The Kier molecular flexibility index (Phi) is 4.14. The molecule has 0 N–H and O–H groups in total. The lowest BCUT2D eigenvalue weighted by Gasteiger charge is -2.17. The normalized spacial score (nSPS) is 20.4. The summed E-state index contributed by atoms with van der Waals surface area (Å²) in [4.78, 5) is 0.0324. The van der Waals surface area contributed by atoms with Crippen LogP contribution < -0.4 is 0 Å². The first-order chi connectivity index (χ1) is 8.98. The monoisotopic (exact) mass is 298 g/mol. The maximum atomic E-state index is 12.5. The third kappa shape index (κ3) is 2.76. The molecular formula is C13H15ClN2O2S. The van der Waals surface area contributed by atoms with Crippen molar-refractivity contribution in [3.63, 3.8) is 0 Å². The zero-order valence-corrected chi connectivity index (χ0v) is 12.2. The van der Waals surface area contributed by atoms with Crippen molar-refractivity contribution in [3.8, 4) is 6.07 Å². The average molecular weight is 299 g/mol. The van der Waals surface area contributed by atoms with Gasteiger partial charge in [-0.3, -0.25) is 0 Å². The molecule has 2 rings (SSSR count). The summed E-state index contributed by atoms with van der Waals surface area (Å²) in [6.07, 6.45) is 1.85. The molecule has 0 bridgehead atoms. The molecule has 19 heavy (non-hydrogen) atoms. The summed E-state index contributed by atoms with van der Waals surface area (Å²) < 4.78 is 26.5. The summed E-state index contributed by atoms with van der Waals surface area (Å²) in [5.41, 5.74) is 0.300. The second-order valence-corrected chi connectivity index (χ2v) is 7.00. The van der Waals surface area contributed by atoms with Crippen molar-refractivity contribution in [1.82, 2.24) is 4.31 Å². The largest absolute Gasteiger partial charge is 0.244 e. The molecule has 0 aromatic heterocycles. The second-order valence-electron chi connectivity index (χ2n) is 4.68. The molecule has 1 aromatic rings. The minimum Gasteiger partial charge on any atom is -0.207 e. The van der Waals surface area contributed by atoms with Crippen LogP contribution in [0.2, 0.25) is 5.02 Å². The predicted molar refractivity (Wildman–Crippen MR) is 73.3 cm³/mol. The highest BCUT2D eigenvalue weighted by Gasteiger charge is 2.33. The molecule has 0 spiro atoms. The van der Waals surface area contributed by atoms with Gasteiger partial charge in [-0.2, -0.15) is 9.57 Å². The Morgan fingerprint density at radius 1 is 1.53 bits per heavy atom. The smallest absolute Gasteiger partial charge is 0.207 e. The minimum absolute atomic E-state index is 0.0324. The van der Waals surface area contributed by atoms with Crippen LogP contribution in [0.25, 0.3) is 0 Å². The van der Waals surface area contributed by atoms with E-state index in [9.17, 15) is 8.42 Å². The van der Waals surface area contributed by atoms with Gasteiger partial charge in [0.1, 0.15) is 4.90 Å². The predicted octanol–water partition coefficient (Wildman–Crippen LogP) is 2.63. The number of sulfonamides is 1. The molecule has 1 unspecified atom stereocenters. The average Bonchev–Trinajstić information content (AvgIpc) is 2.88. The summed E-state index contributed by atoms with van der Waals surface area (Å²) in [7, 11) is -3.59. The van der Waals surface area contributed by atoms with Gasteiger partial charge in [-0.1, -0.05) is 24.9 Å². The van der Waals surface area contributed by atoms with Crippen LogP contribution >= 0.6 is 11.6 Å². The minimum atomic E-state index is -3.59. The van der Waals surface area contributed by atoms with Crippen molar-refractivity contribution in [3.05, 3.63) is 28.8 Å². The Bertz CT molecular complexity index is 622. The number of hydrogen-bond donors (Lipinski definition) is 0. The Hall–Kier alpha value is -1.09. The molecule has 1 saturated heterocycles. The molecule has 0 amide bonds.